The van der Waals surface area contributed by atoms with E-state index in [1.807, 2.05) is 19.9 Å². The largest absolute Gasteiger partial charge is 0.238 e. The predicted octanol–water partition coefficient (Wildman–Crippen LogP) is 3.28. The molecule has 1 aromatic carbocycles. The molecule has 0 fully saturated rings. The summed E-state index contributed by atoms with van der Waals surface area (Å²) >= 11 is 5.61. The minimum Gasteiger partial charge on any atom is -0.238 e. The zero-order valence-electron chi connectivity index (χ0n) is 8.46. The summed E-state index contributed by atoms with van der Waals surface area (Å²) in [6, 6.07) is 6.59. The summed E-state index contributed by atoms with van der Waals surface area (Å²) in [5.74, 6) is -0.429. The summed E-state index contributed by atoms with van der Waals surface area (Å²) in [4.78, 5) is 0. The Kier molecular flexibility index (Phi) is 2.49. The highest BCUT2D eigenvalue weighted by Crippen LogP contribution is 2.19. The summed E-state index contributed by atoms with van der Waals surface area (Å²) in [6.07, 6.45) is 0. The molecule has 0 radical (unpaired) electrons. The standard InChI is InChI=1S/C11H10ClFN2/c1-7-5-8(2)15(14-7)9-3-4-10(12)11(13)6-9/h3-6H,1-2H3. The molecule has 0 aliphatic carbocycles. The molecule has 0 saturated carbocycles. The van der Waals surface area contributed by atoms with Gasteiger partial charge in [-0.3, -0.25) is 0 Å². The van der Waals surface area contributed by atoms with Crippen molar-refractivity contribution < 1.29 is 4.39 Å². The summed E-state index contributed by atoms with van der Waals surface area (Å²) < 4.78 is 14.9. The zero-order chi connectivity index (χ0) is 11.0. The van der Waals surface area contributed by atoms with Crippen molar-refractivity contribution in [2.75, 3.05) is 0 Å². The summed E-state index contributed by atoms with van der Waals surface area (Å²) in [5, 5.41) is 4.38. The van der Waals surface area contributed by atoms with Crippen molar-refractivity contribution in [1.29, 1.82) is 0 Å². The second-order valence-electron chi connectivity index (χ2n) is 3.44. The third kappa shape index (κ3) is 1.88. The average molecular weight is 225 g/mol. The molecule has 0 amide bonds. The van der Waals surface area contributed by atoms with Gasteiger partial charge in [-0.05, 0) is 32.0 Å². The van der Waals surface area contributed by atoms with Crippen molar-refractivity contribution >= 4 is 11.6 Å². The third-order valence-electron chi connectivity index (χ3n) is 2.16. The van der Waals surface area contributed by atoms with Gasteiger partial charge in [-0.1, -0.05) is 11.6 Å². The maximum Gasteiger partial charge on any atom is 0.143 e. The van der Waals surface area contributed by atoms with Crippen molar-refractivity contribution in [3.8, 4) is 5.69 Å². The Morgan fingerprint density at radius 2 is 2.00 bits per heavy atom. The number of benzene rings is 1. The highest BCUT2D eigenvalue weighted by Gasteiger charge is 2.06. The second-order valence-corrected chi connectivity index (χ2v) is 3.84. The van der Waals surface area contributed by atoms with Crippen LogP contribution in [0.5, 0.6) is 0 Å². The molecule has 0 N–H and O–H groups in total. The number of halogens is 2. The van der Waals surface area contributed by atoms with Crippen molar-refractivity contribution in [3.05, 3.63) is 46.5 Å². The maximum atomic E-state index is 13.2. The molecule has 4 heteroatoms. The molecule has 2 nitrogen and oxygen atoms in total. The molecule has 0 unspecified atom stereocenters. The molecular weight excluding hydrogens is 215 g/mol. The molecule has 0 aliphatic rings. The van der Waals surface area contributed by atoms with Gasteiger partial charge in [-0.25, -0.2) is 9.07 Å². The van der Waals surface area contributed by atoms with Crippen LogP contribution in [0, 0.1) is 19.7 Å². The van der Waals surface area contributed by atoms with Crippen LogP contribution >= 0.6 is 11.6 Å². The summed E-state index contributed by atoms with van der Waals surface area (Å²) in [5.41, 5.74) is 2.56. The highest BCUT2D eigenvalue weighted by molar-refractivity contribution is 6.30. The normalized spacial score (nSPS) is 10.7. The maximum absolute atomic E-state index is 13.2. The van der Waals surface area contributed by atoms with E-state index < -0.39 is 5.82 Å². The lowest BCUT2D eigenvalue weighted by Crippen LogP contribution is -1.99. The zero-order valence-corrected chi connectivity index (χ0v) is 9.22. The smallest absolute Gasteiger partial charge is 0.143 e. The van der Waals surface area contributed by atoms with Gasteiger partial charge in [0.05, 0.1) is 16.4 Å². The van der Waals surface area contributed by atoms with Crippen molar-refractivity contribution in [2.24, 2.45) is 0 Å². The van der Waals surface area contributed by atoms with E-state index in [1.54, 1.807) is 10.7 Å². The van der Waals surface area contributed by atoms with Crippen LogP contribution in [-0.4, -0.2) is 9.78 Å². The van der Waals surface area contributed by atoms with Gasteiger partial charge < -0.3 is 0 Å². The molecule has 1 heterocycles. The average Bonchev–Trinajstić information content (AvgIpc) is 2.50. The van der Waals surface area contributed by atoms with E-state index in [9.17, 15) is 4.39 Å². The highest BCUT2D eigenvalue weighted by atomic mass is 35.5. The lowest BCUT2D eigenvalue weighted by Gasteiger charge is -2.04. The van der Waals surface area contributed by atoms with E-state index >= 15 is 0 Å². The fraction of sp³-hybridized carbons (Fsp3) is 0.182. The van der Waals surface area contributed by atoms with Crippen LogP contribution in [-0.2, 0) is 0 Å². The molecule has 0 aliphatic heterocycles. The molecule has 2 aromatic rings. The summed E-state index contributed by atoms with van der Waals surface area (Å²) in [7, 11) is 0. The first-order valence-electron chi connectivity index (χ1n) is 4.56. The fourth-order valence-electron chi connectivity index (χ4n) is 1.51. The van der Waals surface area contributed by atoms with Crippen LogP contribution in [0.3, 0.4) is 0 Å². The molecule has 0 bridgehead atoms. The van der Waals surface area contributed by atoms with Crippen molar-refractivity contribution in [2.45, 2.75) is 13.8 Å². The first-order chi connectivity index (χ1) is 7.08. The topological polar surface area (TPSA) is 17.8 Å². The number of aryl methyl sites for hydroxylation is 2. The molecule has 0 saturated heterocycles. The van der Waals surface area contributed by atoms with Crippen molar-refractivity contribution in [1.82, 2.24) is 9.78 Å². The van der Waals surface area contributed by atoms with Crippen LogP contribution in [0.15, 0.2) is 24.3 Å². The minimum atomic E-state index is -0.429. The van der Waals surface area contributed by atoms with Crippen LogP contribution in [0.25, 0.3) is 5.69 Å². The van der Waals surface area contributed by atoms with Gasteiger partial charge in [-0.15, -0.1) is 0 Å². The lowest BCUT2D eigenvalue weighted by molar-refractivity contribution is 0.625. The molecule has 15 heavy (non-hydrogen) atoms. The molecule has 0 atom stereocenters. The Bertz CT molecular complexity index is 505. The van der Waals surface area contributed by atoms with Gasteiger partial charge in [0, 0.05) is 11.8 Å². The van der Waals surface area contributed by atoms with Gasteiger partial charge in [0.25, 0.3) is 0 Å². The first-order valence-corrected chi connectivity index (χ1v) is 4.94. The van der Waals surface area contributed by atoms with Crippen LogP contribution in [0.2, 0.25) is 5.02 Å². The lowest BCUT2D eigenvalue weighted by atomic mass is 10.3. The number of nitrogens with zero attached hydrogens (tertiary/aromatic N) is 2. The molecule has 2 rings (SSSR count). The van der Waals surface area contributed by atoms with E-state index in [2.05, 4.69) is 5.10 Å². The van der Waals surface area contributed by atoms with E-state index in [0.29, 0.717) is 5.69 Å². The molecule has 1 aromatic heterocycles. The first kappa shape index (κ1) is 10.2. The van der Waals surface area contributed by atoms with E-state index in [-0.39, 0.29) is 5.02 Å². The molecule has 0 spiro atoms. The SMILES string of the molecule is Cc1cc(C)n(-c2ccc(Cl)c(F)c2)n1. The Labute approximate surface area is 92.3 Å². The van der Waals surface area contributed by atoms with Gasteiger partial charge in [0.2, 0.25) is 0 Å². The Balaban J connectivity index is 2.54. The van der Waals surface area contributed by atoms with E-state index in [4.69, 9.17) is 11.6 Å². The monoisotopic (exact) mass is 224 g/mol. The number of aromatic nitrogens is 2. The number of hydrogen-bond acceptors (Lipinski definition) is 1. The number of rotatable bonds is 1. The van der Waals surface area contributed by atoms with Gasteiger partial charge in [0.1, 0.15) is 5.82 Å². The van der Waals surface area contributed by atoms with Crippen LogP contribution < -0.4 is 0 Å². The second kappa shape index (κ2) is 3.66. The Hall–Kier alpha value is -1.35. The Morgan fingerprint density at radius 1 is 1.27 bits per heavy atom. The minimum absolute atomic E-state index is 0.125. The Morgan fingerprint density at radius 3 is 2.53 bits per heavy atom. The van der Waals surface area contributed by atoms with Crippen LogP contribution in [0.1, 0.15) is 11.4 Å². The third-order valence-corrected chi connectivity index (χ3v) is 2.46. The molecular formula is C11H10ClFN2. The van der Waals surface area contributed by atoms with Crippen molar-refractivity contribution in [3.63, 3.8) is 0 Å². The van der Waals surface area contributed by atoms with Gasteiger partial charge >= 0.3 is 0 Å². The van der Waals surface area contributed by atoms with Gasteiger partial charge in [0.15, 0.2) is 0 Å². The van der Waals surface area contributed by atoms with Gasteiger partial charge in [-0.2, -0.15) is 5.10 Å². The van der Waals surface area contributed by atoms with Crippen LogP contribution in [0.4, 0.5) is 4.39 Å². The summed E-state index contributed by atoms with van der Waals surface area (Å²) in [6.45, 7) is 3.82. The quantitative estimate of drug-likeness (QED) is 0.727. The predicted molar refractivity (Wildman–Crippen MR) is 58.0 cm³/mol. The fourth-order valence-corrected chi connectivity index (χ4v) is 1.62. The molecule has 78 valence electrons. The number of hydrogen-bond donors (Lipinski definition) is 0. The van der Waals surface area contributed by atoms with E-state index in [1.165, 1.54) is 12.1 Å². The van der Waals surface area contributed by atoms with E-state index in [0.717, 1.165) is 11.4 Å².